The summed E-state index contributed by atoms with van der Waals surface area (Å²) in [5, 5.41) is 2.67. The number of urea groups is 1. The Bertz CT molecular complexity index is 852. The van der Waals surface area contributed by atoms with Crippen molar-refractivity contribution in [2.75, 3.05) is 36.2 Å². The number of anilines is 1. The number of carbonyl (C=O) groups excluding carboxylic acids is 1. The van der Waals surface area contributed by atoms with Gasteiger partial charge in [0.15, 0.2) is 19.7 Å². The molecule has 0 saturated carbocycles. The molecule has 1 aromatic carbocycles. The molecule has 1 N–H and O–H groups in total. The number of sulfone groups is 2. The molecule has 134 valence electrons. The molecule has 1 fully saturated rings. The maximum absolute atomic E-state index is 12.4. The van der Waals surface area contributed by atoms with E-state index < -0.39 is 25.7 Å². The topological polar surface area (TPSA) is 101 Å². The van der Waals surface area contributed by atoms with Gasteiger partial charge in [-0.05, 0) is 24.1 Å². The van der Waals surface area contributed by atoms with Gasteiger partial charge in [0.05, 0.1) is 21.4 Å². The van der Waals surface area contributed by atoms with Crippen molar-refractivity contribution >= 4 is 43.0 Å². The van der Waals surface area contributed by atoms with Gasteiger partial charge in [-0.2, -0.15) is 0 Å². The monoisotopic (exact) mass is 394 g/mol. The first kappa shape index (κ1) is 19.0. The molecule has 1 saturated heterocycles. The van der Waals surface area contributed by atoms with Crippen LogP contribution in [0, 0.1) is 5.92 Å². The maximum atomic E-state index is 12.4. The molecular weight excluding hydrogens is 376 g/mol. The third kappa shape index (κ3) is 4.84. The fraction of sp³-hybridized carbons (Fsp3) is 0.500. The quantitative estimate of drug-likeness (QED) is 0.821. The summed E-state index contributed by atoms with van der Waals surface area (Å²) in [6, 6.07) is 3.70. The van der Waals surface area contributed by atoms with Crippen LogP contribution in [0.15, 0.2) is 23.1 Å². The van der Waals surface area contributed by atoms with Crippen molar-refractivity contribution in [2.45, 2.75) is 11.8 Å². The molecule has 2 amide bonds. The van der Waals surface area contributed by atoms with Gasteiger partial charge in [0.1, 0.15) is 0 Å². The van der Waals surface area contributed by atoms with Gasteiger partial charge in [-0.3, -0.25) is 0 Å². The average Bonchev–Trinajstić information content (AvgIpc) is 2.57. The van der Waals surface area contributed by atoms with Crippen LogP contribution in [0.4, 0.5) is 10.5 Å². The van der Waals surface area contributed by atoms with Crippen molar-refractivity contribution in [3.63, 3.8) is 0 Å². The number of carbonyl (C=O) groups is 1. The molecule has 10 heteroatoms. The Labute approximate surface area is 146 Å². The van der Waals surface area contributed by atoms with Crippen LogP contribution in [0.1, 0.15) is 6.92 Å². The van der Waals surface area contributed by atoms with Crippen molar-refractivity contribution < 1.29 is 21.6 Å². The van der Waals surface area contributed by atoms with Crippen molar-refractivity contribution in [3.05, 3.63) is 23.2 Å². The lowest BCUT2D eigenvalue weighted by molar-refractivity contribution is 0.210. The van der Waals surface area contributed by atoms with Gasteiger partial charge < -0.3 is 10.2 Å². The van der Waals surface area contributed by atoms with Crippen LogP contribution in [-0.4, -0.2) is 58.6 Å². The molecular formula is C14H19ClN2O5S2. The van der Waals surface area contributed by atoms with E-state index in [-0.39, 0.29) is 39.6 Å². The van der Waals surface area contributed by atoms with Crippen LogP contribution in [-0.2, 0) is 19.7 Å². The van der Waals surface area contributed by atoms with Gasteiger partial charge in [0.25, 0.3) is 0 Å². The summed E-state index contributed by atoms with van der Waals surface area (Å²) < 4.78 is 46.9. The minimum Gasteiger partial charge on any atom is -0.323 e. The minimum atomic E-state index is -3.52. The molecule has 1 heterocycles. The first-order chi connectivity index (χ1) is 11.0. The first-order valence-corrected chi connectivity index (χ1v) is 11.3. The molecule has 1 aliphatic rings. The molecule has 2 rings (SSSR count). The zero-order valence-corrected chi connectivity index (χ0v) is 15.7. The molecule has 1 aromatic rings. The third-order valence-corrected chi connectivity index (χ3v) is 7.07. The number of halogens is 1. The normalized spacial score (nSPS) is 21.1. The number of hydrogen-bond acceptors (Lipinski definition) is 5. The number of nitrogens with zero attached hydrogens (tertiary/aromatic N) is 1. The lowest BCUT2D eigenvalue weighted by atomic mass is 10.2. The van der Waals surface area contributed by atoms with Gasteiger partial charge in [-0.25, -0.2) is 21.6 Å². The minimum absolute atomic E-state index is 0.0515. The SMILES string of the molecule is CC1CN(C(=O)Nc2ccc(Cl)c(S(C)(=O)=O)c2)CCS(=O)(=O)C1. The highest BCUT2D eigenvalue weighted by molar-refractivity contribution is 7.91. The molecule has 0 bridgehead atoms. The Morgan fingerprint density at radius 2 is 2.04 bits per heavy atom. The maximum Gasteiger partial charge on any atom is 0.321 e. The van der Waals surface area contributed by atoms with Gasteiger partial charge in [-0.1, -0.05) is 18.5 Å². The van der Waals surface area contributed by atoms with E-state index in [4.69, 9.17) is 11.6 Å². The molecule has 0 aliphatic carbocycles. The summed E-state index contributed by atoms with van der Waals surface area (Å²) in [6.45, 7) is 2.19. The van der Waals surface area contributed by atoms with E-state index in [1.807, 2.05) is 0 Å². The highest BCUT2D eigenvalue weighted by atomic mass is 35.5. The Morgan fingerprint density at radius 1 is 1.38 bits per heavy atom. The Hall–Kier alpha value is -1.32. The van der Waals surface area contributed by atoms with Crippen molar-refractivity contribution in [1.29, 1.82) is 0 Å². The molecule has 7 nitrogen and oxygen atoms in total. The van der Waals surface area contributed by atoms with Crippen molar-refractivity contribution in [2.24, 2.45) is 5.92 Å². The van der Waals surface area contributed by atoms with E-state index in [1.165, 1.54) is 23.1 Å². The lowest BCUT2D eigenvalue weighted by Crippen LogP contribution is -2.38. The van der Waals surface area contributed by atoms with E-state index in [0.717, 1.165) is 6.26 Å². The number of amides is 2. The fourth-order valence-electron chi connectivity index (χ4n) is 2.54. The standard InChI is InChI=1S/C14H19ClN2O5S2/c1-10-8-17(5-6-24(21,22)9-10)14(18)16-11-3-4-12(15)13(7-11)23(2,19)20/h3-4,7,10H,5-6,8-9H2,1-2H3,(H,16,18). The highest BCUT2D eigenvalue weighted by Gasteiger charge is 2.27. The molecule has 1 aliphatic heterocycles. The smallest absolute Gasteiger partial charge is 0.321 e. The molecule has 0 aromatic heterocycles. The summed E-state index contributed by atoms with van der Waals surface area (Å²) in [6.07, 6.45) is 1.03. The zero-order chi connectivity index (χ0) is 18.1. The van der Waals surface area contributed by atoms with Crippen LogP contribution in [0.5, 0.6) is 0 Å². The van der Waals surface area contributed by atoms with Gasteiger partial charge in [0, 0.05) is 25.0 Å². The summed E-state index contributed by atoms with van der Waals surface area (Å²) >= 11 is 5.87. The Balaban J connectivity index is 2.18. The van der Waals surface area contributed by atoms with Gasteiger partial charge in [0.2, 0.25) is 0 Å². The Morgan fingerprint density at radius 3 is 2.67 bits per heavy atom. The van der Waals surface area contributed by atoms with Crippen LogP contribution in [0.25, 0.3) is 0 Å². The number of hydrogen-bond donors (Lipinski definition) is 1. The summed E-state index contributed by atoms with van der Waals surface area (Å²) in [5.74, 6) is -0.198. The average molecular weight is 395 g/mol. The molecule has 1 atom stereocenters. The Kier molecular flexibility index (Phi) is 5.46. The van der Waals surface area contributed by atoms with E-state index >= 15 is 0 Å². The van der Waals surface area contributed by atoms with E-state index in [9.17, 15) is 21.6 Å². The number of nitrogens with one attached hydrogen (secondary N) is 1. The van der Waals surface area contributed by atoms with Gasteiger partial charge >= 0.3 is 6.03 Å². The number of benzene rings is 1. The molecule has 1 unspecified atom stereocenters. The van der Waals surface area contributed by atoms with E-state index in [0.29, 0.717) is 6.54 Å². The third-order valence-electron chi connectivity index (χ3n) is 3.61. The first-order valence-electron chi connectivity index (χ1n) is 7.24. The van der Waals surface area contributed by atoms with Crippen LogP contribution < -0.4 is 5.32 Å². The van der Waals surface area contributed by atoms with Crippen LogP contribution >= 0.6 is 11.6 Å². The highest BCUT2D eigenvalue weighted by Crippen LogP contribution is 2.25. The van der Waals surface area contributed by atoms with E-state index in [2.05, 4.69) is 5.32 Å². The van der Waals surface area contributed by atoms with Crippen molar-refractivity contribution in [3.8, 4) is 0 Å². The summed E-state index contributed by atoms with van der Waals surface area (Å²) in [7, 11) is -6.68. The number of rotatable bonds is 2. The largest absolute Gasteiger partial charge is 0.323 e. The van der Waals surface area contributed by atoms with Gasteiger partial charge in [-0.15, -0.1) is 0 Å². The second-order valence-corrected chi connectivity index (χ2v) is 10.6. The summed E-state index contributed by atoms with van der Waals surface area (Å²) in [5.41, 5.74) is 0.282. The lowest BCUT2D eigenvalue weighted by Gasteiger charge is -2.22. The van der Waals surface area contributed by atoms with Crippen LogP contribution in [0.2, 0.25) is 5.02 Å². The van der Waals surface area contributed by atoms with Crippen LogP contribution in [0.3, 0.4) is 0 Å². The second-order valence-electron chi connectivity index (χ2n) is 6.01. The second kappa shape index (κ2) is 6.89. The molecule has 0 radical (unpaired) electrons. The van der Waals surface area contributed by atoms with E-state index in [1.54, 1.807) is 6.92 Å². The molecule has 0 spiro atoms. The zero-order valence-electron chi connectivity index (χ0n) is 13.3. The predicted molar refractivity (Wildman–Crippen MR) is 93.0 cm³/mol. The van der Waals surface area contributed by atoms with Crippen molar-refractivity contribution in [1.82, 2.24) is 4.90 Å². The fourth-order valence-corrected chi connectivity index (χ4v) is 5.48. The predicted octanol–water partition coefficient (Wildman–Crippen LogP) is 1.64. The molecule has 24 heavy (non-hydrogen) atoms. The summed E-state index contributed by atoms with van der Waals surface area (Å²) in [4.78, 5) is 13.7.